The van der Waals surface area contributed by atoms with E-state index < -0.39 is 18.7 Å². The van der Waals surface area contributed by atoms with E-state index in [0.717, 1.165) is 11.3 Å². The van der Waals surface area contributed by atoms with E-state index in [1.54, 1.807) is 47.1 Å². The Labute approximate surface area is 203 Å². The van der Waals surface area contributed by atoms with Crippen LogP contribution in [0.15, 0.2) is 82.7 Å². The molecule has 5 rings (SSSR count). The van der Waals surface area contributed by atoms with Crippen molar-refractivity contribution in [3.05, 3.63) is 100 Å². The molecule has 0 saturated heterocycles. The molecule has 3 N–H and O–H groups in total. The molecule has 2 heterocycles. The lowest BCUT2D eigenvalue weighted by Crippen LogP contribution is -2.55. The second kappa shape index (κ2) is 9.59. The number of nitrogens with zero attached hydrogens (tertiary/aromatic N) is 2. The van der Waals surface area contributed by atoms with E-state index >= 15 is 0 Å². The number of carbonyl (C=O) groups is 1. The van der Waals surface area contributed by atoms with Crippen molar-refractivity contribution in [2.24, 2.45) is 0 Å². The summed E-state index contributed by atoms with van der Waals surface area (Å²) in [5.41, 5.74) is 2.88. The highest BCUT2D eigenvalue weighted by atomic mass is 32.2. The van der Waals surface area contributed by atoms with Gasteiger partial charge in [0.2, 0.25) is 5.16 Å². The maximum Gasteiger partial charge on any atom is 0.341 e. The third kappa shape index (κ3) is 4.73. The van der Waals surface area contributed by atoms with Crippen LogP contribution in [0, 0.1) is 5.82 Å². The predicted octanol–water partition coefficient (Wildman–Crippen LogP) is 3.59. The first-order valence-corrected chi connectivity index (χ1v) is 11.7. The largest absolute Gasteiger partial charge is 0.482 e. The second-order valence-electron chi connectivity index (χ2n) is 7.78. The number of H-pyrrole nitrogens is 1. The SMILES string of the molecule is O=C(O)COc1ccc([C@H]2Nc3ccccc3-c3c(=O)[nH]c(SCc4ccccc4F)n[n+]32)cc1. The van der Waals surface area contributed by atoms with E-state index in [9.17, 15) is 14.0 Å². The smallest absolute Gasteiger partial charge is 0.341 e. The van der Waals surface area contributed by atoms with Crippen molar-refractivity contribution in [2.45, 2.75) is 17.1 Å². The number of fused-ring (bicyclic) bond motifs is 3. The number of carboxylic acid groups (broad SMARTS) is 1. The van der Waals surface area contributed by atoms with Crippen LogP contribution >= 0.6 is 11.8 Å². The minimum atomic E-state index is -1.06. The Hall–Kier alpha value is -4.18. The van der Waals surface area contributed by atoms with Gasteiger partial charge in [-0.25, -0.2) is 9.18 Å². The van der Waals surface area contributed by atoms with Gasteiger partial charge in [0.15, 0.2) is 6.61 Å². The highest BCUT2D eigenvalue weighted by Gasteiger charge is 2.37. The molecule has 10 heteroatoms. The van der Waals surface area contributed by atoms with Crippen molar-refractivity contribution >= 4 is 23.4 Å². The molecule has 0 bridgehead atoms. The predicted molar refractivity (Wildman–Crippen MR) is 128 cm³/mol. The van der Waals surface area contributed by atoms with Gasteiger partial charge in [-0.1, -0.05) is 42.1 Å². The fourth-order valence-electron chi connectivity index (χ4n) is 3.83. The van der Waals surface area contributed by atoms with E-state index in [0.29, 0.717) is 33.5 Å². The molecule has 1 aliphatic rings. The summed E-state index contributed by atoms with van der Waals surface area (Å²) in [6, 6.07) is 20.8. The number of carboxylic acids is 1. The fraction of sp³-hybridized carbons (Fsp3) is 0.120. The molecule has 176 valence electrons. The van der Waals surface area contributed by atoms with Crippen molar-refractivity contribution in [2.75, 3.05) is 11.9 Å². The molecule has 1 aromatic heterocycles. The van der Waals surface area contributed by atoms with Crippen LogP contribution in [0.25, 0.3) is 11.3 Å². The highest BCUT2D eigenvalue weighted by molar-refractivity contribution is 7.98. The molecule has 3 aromatic carbocycles. The maximum absolute atomic E-state index is 14.1. The number of rotatable bonds is 7. The molecular weight excluding hydrogens is 471 g/mol. The van der Waals surface area contributed by atoms with Gasteiger partial charge in [-0.15, -0.1) is 0 Å². The summed E-state index contributed by atoms with van der Waals surface area (Å²) in [5.74, 6) is -0.656. The molecule has 4 aromatic rings. The zero-order chi connectivity index (χ0) is 24.4. The quantitative estimate of drug-likeness (QED) is 0.268. The number of nitrogens with one attached hydrogen (secondary N) is 2. The monoisotopic (exact) mass is 491 g/mol. The lowest BCUT2D eigenvalue weighted by molar-refractivity contribution is -0.759. The first-order valence-electron chi connectivity index (χ1n) is 10.7. The molecule has 8 nitrogen and oxygen atoms in total. The lowest BCUT2D eigenvalue weighted by Gasteiger charge is -2.22. The summed E-state index contributed by atoms with van der Waals surface area (Å²) in [4.78, 5) is 26.8. The minimum Gasteiger partial charge on any atom is -0.482 e. The van der Waals surface area contributed by atoms with Gasteiger partial charge in [-0.2, -0.15) is 0 Å². The van der Waals surface area contributed by atoms with Crippen LogP contribution in [0.3, 0.4) is 0 Å². The van der Waals surface area contributed by atoms with Gasteiger partial charge < -0.3 is 15.2 Å². The third-order valence-corrected chi connectivity index (χ3v) is 6.38. The van der Waals surface area contributed by atoms with E-state index in [-0.39, 0.29) is 11.4 Å². The van der Waals surface area contributed by atoms with Gasteiger partial charge in [0.25, 0.3) is 6.17 Å². The first-order chi connectivity index (χ1) is 17.0. The molecular formula is C25H20FN4O4S+. The third-order valence-electron chi connectivity index (χ3n) is 5.46. The molecule has 0 spiro atoms. The van der Waals surface area contributed by atoms with E-state index in [1.807, 2.05) is 24.3 Å². The molecule has 35 heavy (non-hydrogen) atoms. The Bertz CT molecular complexity index is 1460. The van der Waals surface area contributed by atoms with Crippen LogP contribution in [0.1, 0.15) is 17.3 Å². The number of aromatic amines is 1. The van der Waals surface area contributed by atoms with Crippen LogP contribution in [-0.2, 0) is 10.5 Å². The topological polar surface area (TPSA) is 108 Å². The van der Waals surface area contributed by atoms with Crippen LogP contribution in [0.4, 0.5) is 10.1 Å². The van der Waals surface area contributed by atoms with Gasteiger partial charge in [-0.3, -0.25) is 9.78 Å². The van der Waals surface area contributed by atoms with Crippen LogP contribution < -0.4 is 20.3 Å². The van der Waals surface area contributed by atoms with Gasteiger partial charge in [-0.05, 0) is 52.7 Å². The van der Waals surface area contributed by atoms with Crippen molar-refractivity contribution < 1.29 is 23.7 Å². The normalized spacial score (nSPS) is 13.9. The van der Waals surface area contributed by atoms with Crippen LogP contribution in [0.2, 0.25) is 0 Å². The zero-order valence-corrected chi connectivity index (χ0v) is 19.1. The lowest BCUT2D eigenvalue weighted by atomic mass is 10.0. The number of para-hydroxylation sites is 1. The Morgan fingerprint density at radius 1 is 1.09 bits per heavy atom. The Morgan fingerprint density at radius 3 is 2.60 bits per heavy atom. The Kier molecular flexibility index (Phi) is 6.19. The number of hydrogen-bond acceptors (Lipinski definition) is 6. The van der Waals surface area contributed by atoms with Gasteiger partial charge in [0.1, 0.15) is 11.6 Å². The molecule has 0 amide bonds. The first kappa shape index (κ1) is 22.6. The molecule has 0 fully saturated rings. The van der Waals surface area contributed by atoms with Crippen LogP contribution in [0.5, 0.6) is 5.75 Å². The summed E-state index contributed by atoms with van der Waals surface area (Å²) >= 11 is 1.23. The van der Waals surface area contributed by atoms with E-state index in [1.165, 1.54) is 17.8 Å². The number of hydrogen-bond donors (Lipinski definition) is 3. The maximum atomic E-state index is 14.1. The zero-order valence-electron chi connectivity index (χ0n) is 18.3. The summed E-state index contributed by atoms with van der Waals surface area (Å²) < 4.78 is 20.9. The summed E-state index contributed by atoms with van der Waals surface area (Å²) in [7, 11) is 0. The van der Waals surface area contributed by atoms with Crippen molar-refractivity contribution in [3.8, 4) is 17.0 Å². The standard InChI is InChI=1S/C25H19FN4O4S/c26-19-7-3-1-5-16(19)14-35-25-28-24(33)22-18-6-2-4-8-20(18)27-23(30(22)29-25)15-9-11-17(12-10-15)34-13-21(31)32/h1-12,23H,13-14H2,(H2,28,29,31,32,33)/p+1/t23-/m0/s1. The number of anilines is 1. The van der Waals surface area contributed by atoms with Crippen molar-refractivity contribution in [3.63, 3.8) is 0 Å². The van der Waals surface area contributed by atoms with Crippen molar-refractivity contribution in [1.29, 1.82) is 0 Å². The number of benzene rings is 3. The average Bonchev–Trinajstić information content (AvgIpc) is 2.86. The summed E-state index contributed by atoms with van der Waals surface area (Å²) in [5, 5.41) is 17.3. The summed E-state index contributed by atoms with van der Waals surface area (Å²) in [6.07, 6.45) is -0.511. The summed E-state index contributed by atoms with van der Waals surface area (Å²) in [6.45, 7) is -0.439. The molecule has 0 saturated carbocycles. The number of ether oxygens (including phenoxy) is 1. The van der Waals surface area contributed by atoms with E-state index in [4.69, 9.17) is 9.84 Å². The van der Waals surface area contributed by atoms with Gasteiger partial charge in [0, 0.05) is 16.4 Å². The van der Waals surface area contributed by atoms with Gasteiger partial charge in [0.05, 0.1) is 11.3 Å². The van der Waals surface area contributed by atoms with Crippen molar-refractivity contribution in [1.82, 2.24) is 10.1 Å². The molecule has 1 atom stereocenters. The molecule has 0 unspecified atom stereocenters. The molecule has 0 aliphatic carbocycles. The van der Waals surface area contributed by atoms with Gasteiger partial charge >= 0.3 is 17.2 Å². The van der Waals surface area contributed by atoms with E-state index in [2.05, 4.69) is 15.4 Å². The number of aliphatic carboxylic acids is 1. The average molecular weight is 492 g/mol. The highest BCUT2D eigenvalue weighted by Crippen LogP contribution is 2.32. The second-order valence-corrected chi connectivity index (χ2v) is 8.74. The number of thioether (sulfide) groups is 1. The minimum absolute atomic E-state index is 0.305. The Balaban J connectivity index is 1.51. The fourth-order valence-corrected chi connectivity index (χ4v) is 4.67. The molecule has 1 aliphatic heterocycles. The molecule has 0 radical (unpaired) electrons. The number of aromatic nitrogens is 3. The van der Waals surface area contributed by atoms with Crippen LogP contribution in [-0.4, -0.2) is 27.8 Å². The Morgan fingerprint density at radius 2 is 1.83 bits per heavy atom. The number of halogens is 1.